The van der Waals surface area contributed by atoms with Gasteiger partial charge in [-0.2, -0.15) is 21.0 Å². The minimum Gasteiger partial charge on any atom is -0.462 e. The highest BCUT2D eigenvalue weighted by atomic mass is 16.7. The molecule has 184 valence electrons. The first-order valence-corrected chi connectivity index (χ1v) is 11.0. The highest BCUT2D eigenvalue weighted by Crippen LogP contribution is 2.25. The molecule has 0 saturated heterocycles. The predicted molar refractivity (Wildman–Crippen MR) is 127 cm³/mol. The number of carbonyl (C=O) groups is 1. The molecule has 0 radical (unpaired) electrons. The molecule has 9 heteroatoms. The first kappa shape index (κ1) is 27.5. The third kappa shape index (κ3) is 8.90. The second kappa shape index (κ2) is 12.1. The molecule has 0 heterocycles. The summed E-state index contributed by atoms with van der Waals surface area (Å²) in [5.41, 5.74) is -0.284. The number of hydrogen-bond donors (Lipinski definition) is 0. The van der Waals surface area contributed by atoms with E-state index in [0.29, 0.717) is 24.3 Å². The van der Waals surface area contributed by atoms with E-state index in [0.717, 1.165) is 11.1 Å². The van der Waals surface area contributed by atoms with Crippen molar-refractivity contribution in [3.05, 3.63) is 59.7 Å². The van der Waals surface area contributed by atoms with Crippen LogP contribution in [0.3, 0.4) is 0 Å². The monoisotopic (exact) mass is 486 g/mol. The lowest BCUT2D eigenvalue weighted by molar-refractivity contribution is -0.0582. The Morgan fingerprint density at radius 3 is 1.42 bits per heavy atom. The molecule has 0 unspecified atom stereocenters. The molecule has 0 aliphatic carbocycles. The third-order valence-electron chi connectivity index (χ3n) is 4.75. The van der Waals surface area contributed by atoms with Crippen LogP contribution in [0, 0.1) is 45.3 Å². The zero-order valence-electron chi connectivity index (χ0n) is 20.5. The van der Waals surface area contributed by atoms with E-state index in [2.05, 4.69) is 0 Å². The predicted octanol–water partition coefficient (Wildman–Crippen LogP) is 4.77. The lowest BCUT2D eigenvalue weighted by atomic mass is 9.98. The van der Waals surface area contributed by atoms with Gasteiger partial charge in [0.15, 0.2) is 0 Å². The summed E-state index contributed by atoms with van der Waals surface area (Å²) >= 11 is 0. The Morgan fingerprint density at radius 2 is 1.08 bits per heavy atom. The van der Waals surface area contributed by atoms with Crippen molar-refractivity contribution in [1.29, 1.82) is 21.0 Å². The van der Waals surface area contributed by atoms with Gasteiger partial charge in [-0.25, -0.2) is 4.79 Å². The second-order valence-electron chi connectivity index (χ2n) is 9.13. The fourth-order valence-corrected chi connectivity index (χ4v) is 3.42. The maximum Gasteiger partial charge on any atom is 0.509 e. The van der Waals surface area contributed by atoms with Crippen molar-refractivity contribution in [3.8, 4) is 35.8 Å². The van der Waals surface area contributed by atoms with Gasteiger partial charge < -0.3 is 18.9 Å². The maximum absolute atomic E-state index is 12.6. The van der Waals surface area contributed by atoms with Crippen LogP contribution in [-0.2, 0) is 22.3 Å². The topological polar surface area (TPSA) is 149 Å². The molecule has 0 atom stereocenters. The Balaban J connectivity index is 1.99. The van der Waals surface area contributed by atoms with Crippen molar-refractivity contribution in [3.63, 3.8) is 0 Å². The van der Waals surface area contributed by atoms with E-state index >= 15 is 0 Å². The Hall–Kier alpha value is -4.73. The number of benzene rings is 2. The van der Waals surface area contributed by atoms with Gasteiger partial charge in [-0.15, -0.1) is 0 Å². The number of carbonyl (C=O) groups excluding carboxylic acids is 1. The third-order valence-corrected chi connectivity index (χ3v) is 4.75. The molecule has 0 aliphatic rings. The summed E-state index contributed by atoms with van der Waals surface area (Å²) in [4.78, 5) is 12.6. The zero-order valence-corrected chi connectivity index (χ0v) is 20.5. The van der Waals surface area contributed by atoms with Crippen LogP contribution < -0.4 is 9.47 Å². The molecule has 0 N–H and O–H groups in total. The van der Waals surface area contributed by atoms with Gasteiger partial charge in [0.05, 0.1) is 0 Å². The van der Waals surface area contributed by atoms with Crippen molar-refractivity contribution in [2.75, 3.05) is 0 Å². The lowest BCUT2D eigenvalue weighted by Gasteiger charge is -2.29. The van der Waals surface area contributed by atoms with Gasteiger partial charge >= 0.3 is 6.16 Å². The minimum absolute atomic E-state index is 0.335. The van der Waals surface area contributed by atoms with Crippen LogP contribution in [0.5, 0.6) is 11.5 Å². The largest absolute Gasteiger partial charge is 0.509 e. The summed E-state index contributed by atoms with van der Waals surface area (Å²) in [5.74, 6) is 0.726. The SMILES string of the molecule is CC(C)(Cc1cccc(OC(C#N)C#N)c1)OC(=O)OC(C)(C)Cc1cccc(OC(C#N)C#N)c1. The Labute approximate surface area is 210 Å². The van der Waals surface area contributed by atoms with E-state index in [-0.39, 0.29) is 0 Å². The summed E-state index contributed by atoms with van der Waals surface area (Å²) in [6.07, 6.45) is -2.60. The first-order valence-electron chi connectivity index (χ1n) is 11.0. The van der Waals surface area contributed by atoms with Crippen LogP contribution in [0.4, 0.5) is 4.79 Å². The van der Waals surface area contributed by atoms with E-state index in [1.165, 1.54) is 0 Å². The Morgan fingerprint density at radius 1 is 0.722 bits per heavy atom. The fraction of sp³-hybridized carbons (Fsp3) is 0.370. The Kier molecular flexibility index (Phi) is 9.26. The van der Waals surface area contributed by atoms with Gasteiger partial charge in [0.1, 0.15) is 47.0 Å². The summed E-state index contributed by atoms with van der Waals surface area (Å²) in [6.45, 7) is 6.96. The van der Waals surface area contributed by atoms with Crippen LogP contribution >= 0.6 is 0 Å². The second-order valence-corrected chi connectivity index (χ2v) is 9.13. The molecule has 0 spiro atoms. The van der Waals surface area contributed by atoms with Gasteiger partial charge in [0.2, 0.25) is 0 Å². The summed E-state index contributed by atoms with van der Waals surface area (Å²) in [5, 5.41) is 35.6. The fourth-order valence-electron chi connectivity index (χ4n) is 3.42. The molecule has 0 bridgehead atoms. The van der Waals surface area contributed by atoms with Crippen molar-refractivity contribution in [2.45, 2.75) is 63.9 Å². The normalized spacial score (nSPS) is 10.9. The quantitative estimate of drug-likeness (QED) is 0.433. The van der Waals surface area contributed by atoms with Gasteiger partial charge in [0.25, 0.3) is 12.2 Å². The van der Waals surface area contributed by atoms with E-state index in [4.69, 9.17) is 40.0 Å². The standard InChI is InChI=1S/C27H26N4O5/c1-26(2,13-19-7-5-9-21(11-19)33-23(15-28)16-29)35-25(32)36-27(3,4)14-20-8-6-10-22(12-20)34-24(17-30)18-31/h5-12,23-24H,13-14H2,1-4H3. The van der Waals surface area contributed by atoms with Gasteiger partial charge in [-0.3, -0.25) is 0 Å². The lowest BCUT2D eigenvalue weighted by Crippen LogP contribution is -2.36. The molecule has 0 saturated carbocycles. The average molecular weight is 487 g/mol. The highest BCUT2D eigenvalue weighted by Gasteiger charge is 2.30. The molecule has 2 aromatic carbocycles. The van der Waals surface area contributed by atoms with Crippen molar-refractivity contribution >= 4 is 6.16 Å². The molecular weight excluding hydrogens is 460 g/mol. The van der Waals surface area contributed by atoms with E-state index in [1.54, 1.807) is 88.4 Å². The number of nitrogens with zero attached hydrogens (tertiary/aromatic N) is 4. The number of ether oxygens (including phenoxy) is 4. The molecule has 0 fully saturated rings. The van der Waals surface area contributed by atoms with Crippen LogP contribution in [-0.4, -0.2) is 29.6 Å². The van der Waals surface area contributed by atoms with Crippen molar-refractivity contribution < 1.29 is 23.7 Å². The number of nitriles is 4. The van der Waals surface area contributed by atoms with E-state index in [1.807, 2.05) is 12.1 Å². The molecule has 2 aromatic rings. The summed E-state index contributed by atoms with van der Waals surface area (Å²) in [6, 6.07) is 20.7. The first-order chi connectivity index (χ1) is 17.0. The zero-order chi connectivity index (χ0) is 26.8. The molecule has 0 amide bonds. The summed E-state index contributed by atoms with van der Waals surface area (Å²) < 4.78 is 21.8. The van der Waals surface area contributed by atoms with Gasteiger partial charge in [0, 0.05) is 12.8 Å². The van der Waals surface area contributed by atoms with E-state index in [9.17, 15) is 4.79 Å². The minimum atomic E-state index is -1.21. The van der Waals surface area contributed by atoms with Gasteiger partial charge in [-0.05, 0) is 63.1 Å². The highest BCUT2D eigenvalue weighted by molar-refractivity contribution is 5.61. The number of rotatable bonds is 10. The van der Waals surface area contributed by atoms with Crippen LogP contribution in [0.2, 0.25) is 0 Å². The molecule has 0 aliphatic heterocycles. The van der Waals surface area contributed by atoms with Gasteiger partial charge in [-0.1, -0.05) is 24.3 Å². The van der Waals surface area contributed by atoms with Crippen LogP contribution in [0.25, 0.3) is 0 Å². The Bertz CT molecular complexity index is 1120. The molecule has 2 rings (SSSR count). The van der Waals surface area contributed by atoms with Crippen molar-refractivity contribution in [2.24, 2.45) is 0 Å². The molecule has 36 heavy (non-hydrogen) atoms. The maximum atomic E-state index is 12.6. The van der Waals surface area contributed by atoms with Crippen LogP contribution in [0.15, 0.2) is 48.5 Å². The average Bonchev–Trinajstić information content (AvgIpc) is 2.79. The van der Waals surface area contributed by atoms with E-state index < -0.39 is 29.6 Å². The van der Waals surface area contributed by atoms with Crippen molar-refractivity contribution in [1.82, 2.24) is 0 Å². The van der Waals surface area contributed by atoms with Crippen LogP contribution in [0.1, 0.15) is 38.8 Å². The molecule has 0 aromatic heterocycles. The summed E-state index contributed by atoms with van der Waals surface area (Å²) in [7, 11) is 0. The molecule has 9 nitrogen and oxygen atoms in total. The number of hydrogen-bond acceptors (Lipinski definition) is 9. The smallest absolute Gasteiger partial charge is 0.462 e. The molecular formula is C27H26N4O5.